The van der Waals surface area contributed by atoms with Crippen LogP contribution in [0.25, 0.3) is 11.3 Å². The monoisotopic (exact) mass is 365 g/mol. The van der Waals surface area contributed by atoms with Gasteiger partial charge in [0.1, 0.15) is 0 Å². The van der Waals surface area contributed by atoms with E-state index in [1.54, 1.807) is 19.2 Å². The van der Waals surface area contributed by atoms with Crippen LogP contribution in [0.2, 0.25) is 10.0 Å². The van der Waals surface area contributed by atoms with E-state index in [2.05, 4.69) is 22.2 Å². The minimum Gasteiger partial charge on any atom is -0.261 e. The Hall–Kier alpha value is -1.36. The Morgan fingerprint density at radius 1 is 1.30 bits per heavy atom. The average Bonchev–Trinajstić information content (AvgIpc) is 2.99. The van der Waals surface area contributed by atoms with E-state index in [0.29, 0.717) is 16.0 Å². The smallest absolute Gasteiger partial charge is 0.205 e. The summed E-state index contributed by atoms with van der Waals surface area (Å²) in [6.07, 6.45) is 9.76. The highest BCUT2D eigenvalue weighted by molar-refractivity contribution is 7.07. The second-order valence-electron chi connectivity index (χ2n) is 5.37. The highest BCUT2D eigenvalue weighted by Gasteiger charge is 2.12. The van der Waals surface area contributed by atoms with E-state index in [0.717, 1.165) is 35.3 Å². The molecular formula is C17H17Cl2N3S. The molecule has 1 aliphatic rings. The minimum absolute atomic E-state index is 0.472. The number of hydrogen-bond acceptors (Lipinski definition) is 3. The van der Waals surface area contributed by atoms with E-state index >= 15 is 0 Å². The molecule has 0 amide bonds. The summed E-state index contributed by atoms with van der Waals surface area (Å²) < 4.78 is 1.85. The Morgan fingerprint density at radius 2 is 2.17 bits per heavy atom. The van der Waals surface area contributed by atoms with Crippen molar-refractivity contribution in [3.05, 3.63) is 50.6 Å². The van der Waals surface area contributed by atoms with Gasteiger partial charge in [-0.15, -0.1) is 11.3 Å². The lowest BCUT2D eigenvalue weighted by molar-refractivity contribution is 0.621. The third-order valence-corrected chi connectivity index (χ3v) is 5.26. The van der Waals surface area contributed by atoms with Crippen molar-refractivity contribution < 1.29 is 0 Å². The Balaban J connectivity index is 2.02. The molecule has 1 heterocycles. The van der Waals surface area contributed by atoms with Crippen molar-refractivity contribution >= 4 is 40.8 Å². The largest absolute Gasteiger partial charge is 0.261 e. The third kappa shape index (κ3) is 3.77. The van der Waals surface area contributed by atoms with Gasteiger partial charge >= 0.3 is 0 Å². The normalized spacial score (nSPS) is 18.9. The summed E-state index contributed by atoms with van der Waals surface area (Å²) in [7, 11) is 1.77. The van der Waals surface area contributed by atoms with Gasteiger partial charge in [-0.3, -0.25) is 4.99 Å². The van der Waals surface area contributed by atoms with E-state index in [1.165, 1.54) is 11.3 Å². The SMILES string of the molecule is CN=c1scc(-c2cc(Cl)ccc2Cl)n1N=CC1CC=CCC1. The van der Waals surface area contributed by atoms with Crippen molar-refractivity contribution in [3.63, 3.8) is 0 Å². The molecule has 0 N–H and O–H groups in total. The molecule has 23 heavy (non-hydrogen) atoms. The molecule has 1 aromatic heterocycles. The quantitative estimate of drug-likeness (QED) is 0.525. The summed E-state index contributed by atoms with van der Waals surface area (Å²) in [6, 6.07) is 5.45. The van der Waals surface area contributed by atoms with E-state index in [1.807, 2.05) is 22.3 Å². The van der Waals surface area contributed by atoms with Gasteiger partial charge in [-0.1, -0.05) is 35.4 Å². The van der Waals surface area contributed by atoms with Gasteiger partial charge in [0.25, 0.3) is 0 Å². The number of rotatable bonds is 3. The van der Waals surface area contributed by atoms with Crippen LogP contribution in [-0.4, -0.2) is 17.9 Å². The number of thiazole rings is 1. The Labute approximate surface area is 149 Å². The lowest BCUT2D eigenvalue weighted by Crippen LogP contribution is -2.13. The molecule has 0 fully saturated rings. The number of halogens is 2. The number of nitrogens with zero attached hydrogens (tertiary/aromatic N) is 3. The fraction of sp³-hybridized carbons (Fsp3) is 0.294. The summed E-state index contributed by atoms with van der Waals surface area (Å²) in [5, 5.41) is 8.00. The summed E-state index contributed by atoms with van der Waals surface area (Å²) in [5.74, 6) is 0.472. The Morgan fingerprint density at radius 3 is 2.91 bits per heavy atom. The van der Waals surface area contributed by atoms with Crippen LogP contribution in [0.3, 0.4) is 0 Å². The van der Waals surface area contributed by atoms with E-state index in [4.69, 9.17) is 23.2 Å². The maximum atomic E-state index is 6.35. The maximum Gasteiger partial charge on any atom is 0.205 e. The highest BCUT2D eigenvalue weighted by atomic mass is 35.5. The minimum atomic E-state index is 0.472. The van der Waals surface area contributed by atoms with Crippen molar-refractivity contribution in [1.29, 1.82) is 0 Å². The topological polar surface area (TPSA) is 29.6 Å². The fourth-order valence-corrected chi connectivity index (χ4v) is 3.74. The highest BCUT2D eigenvalue weighted by Crippen LogP contribution is 2.31. The van der Waals surface area contributed by atoms with Gasteiger partial charge in [0.05, 0.1) is 10.7 Å². The van der Waals surface area contributed by atoms with Crippen molar-refractivity contribution in [2.75, 3.05) is 7.05 Å². The van der Waals surface area contributed by atoms with Crippen LogP contribution in [0.4, 0.5) is 0 Å². The number of allylic oxidation sites excluding steroid dienone is 2. The first kappa shape index (κ1) is 16.5. The number of aromatic nitrogens is 1. The molecule has 0 spiro atoms. The van der Waals surface area contributed by atoms with Gasteiger partial charge in [0, 0.05) is 29.2 Å². The van der Waals surface area contributed by atoms with Gasteiger partial charge < -0.3 is 0 Å². The molecule has 1 aromatic carbocycles. The van der Waals surface area contributed by atoms with E-state index in [-0.39, 0.29) is 0 Å². The second-order valence-corrected chi connectivity index (χ2v) is 7.05. The summed E-state index contributed by atoms with van der Waals surface area (Å²) >= 11 is 14.0. The van der Waals surface area contributed by atoms with Crippen LogP contribution < -0.4 is 4.80 Å². The van der Waals surface area contributed by atoms with Crippen molar-refractivity contribution in [2.45, 2.75) is 19.3 Å². The molecule has 1 aliphatic carbocycles. The lowest BCUT2D eigenvalue weighted by Gasteiger charge is -2.12. The van der Waals surface area contributed by atoms with Crippen LogP contribution >= 0.6 is 34.5 Å². The van der Waals surface area contributed by atoms with Gasteiger partial charge in [-0.05, 0) is 43.4 Å². The zero-order chi connectivity index (χ0) is 16.2. The third-order valence-electron chi connectivity index (χ3n) is 3.78. The first-order valence-corrected chi connectivity index (χ1v) is 9.11. The average molecular weight is 366 g/mol. The molecule has 3 nitrogen and oxygen atoms in total. The first-order valence-electron chi connectivity index (χ1n) is 7.47. The number of benzene rings is 1. The van der Waals surface area contributed by atoms with Gasteiger partial charge in [-0.25, -0.2) is 4.68 Å². The molecule has 0 saturated carbocycles. The van der Waals surface area contributed by atoms with Gasteiger partial charge in [0.15, 0.2) is 0 Å². The van der Waals surface area contributed by atoms with Crippen LogP contribution in [0.1, 0.15) is 19.3 Å². The molecule has 1 atom stereocenters. The Kier molecular flexibility index (Phi) is 5.36. The molecular weight excluding hydrogens is 349 g/mol. The lowest BCUT2D eigenvalue weighted by atomic mass is 9.96. The van der Waals surface area contributed by atoms with E-state index < -0.39 is 0 Å². The number of hydrogen-bond donors (Lipinski definition) is 0. The van der Waals surface area contributed by atoms with Crippen molar-refractivity contribution in [2.24, 2.45) is 16.0 Å². The molecule has 0 bridgehead atoms. The molecule has 3 rings (SSSR count). The van der Waals surface area contributed by atoms with Crippen LogP contribution in [-0.2, 0) is 0 Å². The molecule has 0 radical (unpaired) electrons. The summed E-state index contributed by atoms with van der Waals surface area (Å²) in [5.41, 5.74) is 1.77. The van der Waals surface area contributed by atoms with Crippen LogP contribution in [0.15, 0.2) is 45.8 Å². The van der Waals surface area contributed by atoms with Gasteiger partial charge in [0.2, 0.25) is 4.80 Å². The first-order chi connectivity index (χ1) is 11.2. The molecule has 6 heteroatoms. The van der Waals surface area contributed by atoms with E-state index in [9.17, 15) is 0 Å². The van der Waals surface area contributed by atoms with Crippen LogP contribution in [0.5, 0.6) is 0 Å². The molecule has 0 saturated heterocycles. The van der Waals surface area contributed by atoms with Crippen molar-refractivity contribution in [3.8, 4) is 11.3 Å². The predicted octanol–water partition coefficient (Wildman–Crippen LogP) is 5.24. The summed E-state index contributed by atoms with van der Waals surface area (Å²) in [4.78, 5) is 5.14. The fourth-order valence-electron chi connectivity index (χ4n) is 2.56. The predicted molar refractivity (Wildman–Crippen MR) is 99.6 cm³/mol. The van der Waals surface area contributed by atoms with Crippen molar-refractivity contribution in [1.82, 2.24) is 4.68 Å². The standard InChI is InChI=1S/C17H17Cl2N3S/c1-20-17-22(21-10-12-5-3-2-4-6-12)16(11-23-17)14-9-13(18)7-8-15(14)19/h2-3,7-12H,4-6H2,1H3. The molecule has 1 unspecified atom stereocenters. The van der Waals surface area contributed by atoms with Gasteiger partial charge in [-0.2, -0.15) is 5.10 Å². The molecule has 2 aromatic rings. The Bertz CT molecular complexity index is 817. The zero-order valence-corrected chi connectivity index (χ0v) is 15.1. The zero-order valence-electron chi connectivity index (χ0n) is 12.7. The summed E-state index contributed by atoms with van der Waals surface area (Å²) in [6.45, 7) is 0. The van der Waals surface area contributed by atoms with Crippen LogP contribution in [0, 0.1) is 5.92 Å². The molecule has 0 aliphatic heterocycles. The second kappa shape index (κ2) is 7.47. The molecule has 120 valence electrons. The maximum absolute atomic E-state index is 6.35.